The highest BCUT2D eigenvalue weighted by atomic mass is 16.1. The quantitative estimate of drug-likeness (QED) is 0.644. The second kappa shape index (κ2) is 8.63. The van der Waals surface area contributed by atoms with Crippen LogP contribution in [0.4, 0.5) is 0 Å². The zero-order valence-electron chi connectivity index (χ0n) is 15.6. The molecule has 3 unspecified atom stereocenters. The van der Waals surface area contributed by atoms with Crippen LogP contribution in [-0.4, -0.2) is 11.6 Å². The summed E-state index contributed by atoms with van der Waals surface area (Å²) in [5.41, 5.74) is 0. The van der Waals surface area contributed by atoms with Crippen molar-refractivity contribution >= 4 is 11.6 Å². The average Bonchev–Trinajstić information content (AvgIpc) is 2.82. The molecule has 0 spiro atoms. The molecule has 3 atom stereocenters. The Morgan fingerprint density at radius 2 is 1.25 bits per heavy atom. The lowest BCUT2D eigenvalue weighted by Crippen LogP contribution is -2.24. The third-order valence-corrected chi connectivity index (χ3v) is 7.33. The Hall–Kier alpha value is -0.660. The largest absolute Gasteiger partial charge is 0.299 e. The first-order valence-electron chi connectivity index (χ1n) is 10.7. The van der Waals surface area contributed by atoms with Gasteiger partial charge in [-0.3, -0.25) is 9.59 Å². The van der Waals surface area contributed by atoms with Gasteiger partial charge in [-0.25, -0.2) is 0 Å². The van der Waals surface area contributed by atoms with Crippen LogP contribution in [-0.2, 0) is 9.59 Å². The van der Waals surface area contributed by atoms with Gasteiger partial charge in [-0.1, -0.05) is 58.3 Å². The van der Waals surface area contributed by atoms with Crippen LogP contribution >= 0.6 is 0 Å². The van der Waals surface area contributed by atoms with Crippen molar-refractivity contribution in [2.45, 2.75) is 96.8 Å². The van der Waals surface area contributed by atoms with E-state index >= 15 is 0 Å². The standard InChI is InChI=1S/C22H36O2/c1-16-9-11-18(12-10-16)21(23)13-14-22(24)20-8-4-7-17-5-2-3-6-19(17)15-20/h16-20H,2-15H2,1H3. The number of rotatable bonds is 5. The predicted octanol–water partition coefficient (Wildman–Crippen LogP) is 5.73. The molecule has 0 heterocycles. The van der Waals surface area contributed by atoms with E-state index in [-0.39, 0.29) is 11.8 Å². The summed E-state index contributed by atoms with van der Waals surface area (Å²) < 4.78 is 0. The van der Waals surface area contributed by atoms with E-state index < -0.39 is 0 Å². The fourth-order valence-corrected chi connectivity index (χ4v) is 5.61. The van der Waals surface area contributed by atoms with Crippen molar-refractivity contribution in [2.24, 2.45) is 29.6 Å². The van der Waals surface area contributed by atoms with Crippen LogP contribution in [0.25, 0.3) is 0 Å². The first-order chi connectivity index (χ1) is 11.6. The zero-order valence-corrected chi connectivity index (χ0v) is 15.6. The average molecular weight is 333 g/mol. The van der Waals surface area contributed by atoms with Crippen LogP contribution in [0.15, 0.2) is 0 Å². The fraction of sp³-hybridized carbons (Fsp3) is 0.909. The third-order valence-electron chi connectivity index (χ3n) is 7.33. The van der Waals surface area contributed by atoms with Crippen LogP contribution in [0.5, 0.6) is 0 Å². The number of fused-ring (bicyclic) bond motifs is 1. The van der Waals surface area contributed by atoms with Crippen molar-refractivity contribution in [1.82, 2.24) is 0 Å². The van der Waals surface area contributed by atoms with E-state index in [1.165, 1.54) is 51.4 Å². The number of ketones is 2. The van der Waals surface area contributed by atoms with Gasteiger partial charge in [0.25, 0.3) is 0 Å². The van der Waals surface area contributed by atoms with E-state index in [4.69, 9.17) is 0 Å². The lowest BCUT2D eigenvalue weighted by Gasteiger charge is -2.31. The Kier molecular flexibility index (Phi) is 6.52. The maximum Gasteiger partial charge on any atom is 0.136 e. The summed E-state index contributed by atoms with van der Waals surface area (Å²) in [5, 5.41) is 0. The van der Waals surface area contributed by atoms with Crippen LogP contribution in [0.1, 0.15) is 96.8 Å². The van der Waals surface area contributed by atoms with Gasteiger partial charge >= 0.3 is 0 Å². The molecular formula is C22H36O2. The van der Waals surface area contributed by atoms with Crippen molar-refractivity contribution in [3.8, 4) is 0 Å². The molecule has 3 fully saturated rings. The Morgan fingerprint density at radius 1 is 0.667 bits per heavy atom. The van der Waals surface area contributed by atoms with E-state index in [2.05, 4.69) is 6.92 Å². The molecule has 0 amide bonds. The molecule has 3 aliphatic rings. The normalized spacial score (nSPS) is 37.3. The summed E-state index contributed by atoms with van der Waals surface area (Å²) in [4.78, 5) is 25.1. The van der Waals surface area contributed by atoms with Crippen molar-refractivity contribution in [1.29, 1.82) is 0 Å². The Labute approximate surface area is 148 Å². The third kappa shape index (κ3) is 4.70. The molecule has 0 aromatic heterocycles. The summed E-state index contributed by atoms with van der Waals surface area (Å²) >= 11 is 0. The SMILES string of the molecule is CC1CCC(C(=O)CCC(=O)C2CCCC3CCCCC3C2)CC1. The van der Waals surface area contributed by atoms with Gasteiger partial charge in [0.2, 0.25) is 0 Å². The molecule has 0 bridgehead atoms. The minimum Gasteiger partial charge on any atom is -0.299 e. The Morgan fingerprint density at radius 3 is 1.96 bits per heavy atom. The minimum absolute atomic E-state index is 0.255. The second-order valence-corrected chi connectivity index (χ2v) is 9.06. The molecule has 0 saturated heterocycles. The van der Waals surface area contributed by atoms with Crippen molar-refractivity contribution < 1.29 is 9.59 Å². The molecule has 0 aliphatic heterocycles. The lowest BCUT2D eigenvalue weighted by molar-refractivity contribution is -0.129. The van der Waals surface area contributed by atoms with E-state index in [9.17, 15) is 9.59 Å². The highest BCUT2D eigenvalue weighted by Crippen LogP contribution is 2.41. The molecule has 2 heteroatoms. The highest BCUT2D eigenvalue weighted by molar-refractivity contribution is 5.88. The lowest BCUT2D eigenvalue weighted by atomic mass is 9.74. The van der Waals surface area contributed by atoms with Gasteiger partial charge in [-0.2, -0.15) is 0 Å². The van der Waals surface area contributed by atoms with Gasteiger partial charge in [0.1, 0.15) is 11.6 Å². The number of carbonyl (C=O) groups is 2. The van der Waals surface area contributed by atoms with Crippen LogP contribution in [0, 0.1) is 29.6 Å². The van der Waals surface area contributed by atoms with E-state index in [1.807, 2.05) is 0 Å². The van der Waals surface area contributed by atoms with Crippen molar-refractivity contribution in [3.63, 3.8) is 0 Å². The molecule has 0 N–H and O–H groups in total. The molecule has 136 valence electrons. The van der Waals surface area contributed by atoms with E-state index in [0.29, 0.717) is 24.4 Å². The van der Waals surface area contributed by atoms with Gasteiger partial charge in [0.05, 0.1) is 0 Å². The van der Waals surface area contributed by atoms with E-state index in [1.54, 1.807) is 0 Å². The zero-order chi connectivity index (χ0) is 16.9. The minimum atomic E-state index is 0.255. The molecule has 24 heavy (non-hydrogen) atoms. The fourth-order valence-electron chi connectivity index (χ4n) is 5.61. The van der Waals surface area contributed by atoms with Gasteiger partial charge in [0.15, 0.2) is 0 Å². The predicted molar refractivity (Wildman–Crippen MR) is 97.8 cm³/mol. The van der Waals surface area contributed by atoms with Gasteiger partial charge in [-0.05, 0) is 43.4 Å². The molecule has 3 saturated carbocycles. The summed E-state index contributed by atoms with van der Waals surface area (Å²) in [6.45, 7) is 2.29. The highest BCUT2D eigenvalue weighted by Gasteiger charge is 2.33. The number of hydrogen-bond donors (Lipinski definition) is 0. The molecule has 3 rings (SSSR count). The van der Waals surface area contributed by atoms with Crippen molar-refractivity contribution in [3.05, 3.63) is 0 Å². The molecule has 0 radical (unpaired) electrons. The molecular weight excluding hydrogens is 296 g/mol. The first-order valence-corrected chi connectivity index (χ1v) is 10.7. The van der Waals surface area contributed by atoms with Crippen LogP contribution in [0.3, 0.4) is 0 Å². The molecule has 0 aromatic carbocycles. The Balaban J connectivity index is 1.45. The smallest absolute Gasteiger partial charge is 0.136 e. The summed E-state index contributed by atoms with van der Waals surface area (Å²) in [6.07, 6.45) is 15.8. The summed E-state index contributed by atoms with van der Waals surface area (Å²) in [5.74, 6) is 3.76. The van der Waals surface area contributed by atoms with Gasteiger partial charge in [0, 0.05) is 24.7 Å². The maximum atomic E-state index is 12.7. The number of hydrogen-bond acceptors (Lipinski definition) is 2. The van der Waals surface area contributed by atoms with Gasteiger partial charge < -0.3 is 0 Å². The topological polar surface area (TPSA) is 34.1 Å². The van der Waals surface area contributed by atoms with Crippen molar-refractivity contribution in [2.75, 3.05) is 0 Å². The van der Waals surface area contributed by atoms with E-state index in [0.717, 1.165) is 43.4 Å². The van der Waals surface area contributed by atoms with Crippen LogP contribution in [0.2, 0.25) is 0 Å². The molecule has 3 aliphatic carbocycles. The number of Topliss-reactive ketones (excluding diaryl/α,β-unsaturated/α-hetero) is 2. The maximum absolute atomic E-state index is 12.7. The first kappa shape index (κ1) is 18.1. The molecule has 0 aromatic rings. The monoisotopic (exact) mass is 332 g/mol. The number of carbonyl (C=O) groups excluding carboxylic acids is 2. The molecule has 2 nitrogen and oxygen atoms in total. The van der Waals surface area contributed by atoms with Gasteiger partial charge in [-0.15, -0.1) is 0 Å². The van der Waals surface area contributed by atoms with Crippen LogP contribution < -0.4 is 0 Å². The second-order valence-electron chi connectivity index (χ2n) is 9.06. The summed E-state index contributed by atoms with van der Waals surface area (Å²) in [7, 11) is 0. The summed E-state index contributed by atoms with van der Waals surface area (Å²) in [6, 6.07) is 0. The Bertz CT molecular complexity index is 433.